The van der Waals surface area contributed by atoms with Crippen LogP contribution >= 0.6 is 0 Å². The van der Waals surface area contributed by atoms with Gasteiger partial charge in [-0.2, -0.15) is 0 Å². The summed E-state index contributed by atoms with van der Waals surface area (Å²) in [6.07, 6.45) is 8.08. The summed E-state index contributed by atoms with van der Waals surface area (Å²) in [5.74, 6) is -0.0708. The number of ether oxygens (including phenoxy) is 1. The lowest BCUT2D eigenvalue weighted by Gasteiger charge is -2.31. The zero-order valence-electron chi connectivity index (χ0n) is 14.9. The molecule has 1 atom stereocenters. The molecule has 1 fully saturated rings. The Morgan fingerprint density at radius 1 is 1.11 bits per heavy atom. The topological polar surface area (TPSA) is 85.8 Å². The maximum absolute atomic E-state index is 12.6. The highest BCUT2D eigenvalue weighted by molar-refractivity contribution is 5.93. The fourth-order valence-electron chi connectivity index (χ4n) is 3.43. The smallest absolute Gasteiger partial charge is 0.257 e. The Kier molecular flexibility index (Phi) is 4.10. The average molecular weight is 375 g/mol. The molecule has 5 heterocycles. The lowest BCUT2D eigenvalue weighted by atomic mass is 10.1. The third-order valence-electron chi connectivity index (χ3n) is 4.88. The molecule has 8 heteroatoms. The number of pyridine rings is 2. The van der Waals surface area contributed by atoms with Gasteiger partial charge >= 0.3 is 0 Å². The first-order valence-electron chi connectivity index (χ1n) is 8.98. The molecule has 0 aromatic carbocycles. The number of furan rings is 1. The van der Waals surface area contributed by atoms with Crippen LogP contribution in [0.15, 0.2) is 65.9 Å². The molecule has 4 aromatic heterocycles. The van der Waals surface area contributed by atoms with Crippen molar-refractivity contribution < 1.29 is 13.9 Å². The van der Waals surface area contributed by atoms with Gasteiger partial charge in [0.2, 0.25) is 0 Å². The molecule has 0 unspecified atom stereocenters. The highest BCUT2D eigenvalue weighted by Crippen LogP contribution is 2.27. The maximum atomic E-state index is 12.6. The van der Waals surface area contributed by atoms with Crippen LogP contribution in [0.2, 0.25) is 0 Å². The van der Waals surface area contributed by atoms with Gasteiger partial charge in [-0.25, -0.2) is 4.52 Å². The van der Waals surface area contributed by atoms with Crippen molar-refractivity contribution in [3.63, 3.8) is 0 Å². The number of nitrogens with zero attached hydrogens (tertiary/aromatic N) is 5. The Bertz CT molecular complexity index is 1110. The van der Waals surface area contributed by atoms with Crippen LogP contribution in [-0.4, -0.2) is 50.3 Å². The Labute approximate surface area is 160 Å². The summed E-state index contributed by atoms with van der Waals surface area (Å²) in [6, 6.07) is 9.56. The van der Waals surface area contributed by atoms with Crippen molar-refractivity contribution in [2.75, 3.05) is 19.7 Å². The van der Waals surface area contributed by atoms with Crippen LogP contribution in [0.5, 0.6) is 0 Å². The van der Waals surface area contributed by atoms with Gasteiger partial charge < -0.3 is 14.1 Å². The number of morpholine rings is 1. The third-order valence-corrected chi connectivity index (χ3v) is 4.88. The Balaban J connectivity index is 1.42. The Hall–Kier alpha value is -3.52. The summed E-state index contributed by atoms with van der Waals surface area (Å²) < 4.78 is 12.7. The SMILES string of the molecule is O=C(c1ccoc1)N1CCO[C@@H](c2nnn3cc(-c4ccncc4)ccc23)C1. The Morgan fingerprint density at radius 2 is 2.00 bits per heavy atom. The second-order valence-corrected chi connectivity index (χ2v) is 6.58. The molecular formula is C20H17N5O3. The molecule has 0 bridgehead atoms. The van der Waals surface area contributed by atoms with Crippen LogP contribution in [0.1, 0.15) is 22.2 Å². The minimum Gasteiger partial charge on any atom is -0.472 e. The van der Waals surface area contributed by atoms with E-state index in [9.17, 15) is 4.79 Å². The van der Waals surface area contributed by atoms with Gasteiger partial charge in [0.25, 0.3) is 5.91 Å². The molecule has 28 heavy (non-hydrogen) atoms. The first-order valence-corrected chi connectivity index (χ1v) is 8.98. The first kappa shape index (κ1) is 16.6. The molecule has 1 aliphatic rings. The van der Waals surface area contributed by atoms with Crippen LogP contribution in [0, 0.1) is 0 Å². The molecule has 1 amide bonds. The highest BCUT2D eigenvalue weighted by atomic mass is 16.5. The van der Waals surface area contributed by atoms with E-state index in [4.69, 9.17) is 9.15 Å². The number of carbonyl (C=O) groups is 1. The van der Waals surface area contributed by atoms with Gasteiger partial charge in [-0.05, 0) is 29.8 Å². The quantitative estimate of drug-likeness (QED) is 0.547. The lowest BCUT2D eigenvalue weighted by Crippen LogP contribution is -2.42. The number of aromatic nitrogens is 4. The van der Waals surface area contributed by atoms with Crippen LogP contribution in [0.4, 0.5) is 0 Å². The minimum absolute atomic E-state index is 0.0708. The lowest BCUT2D eigenvalue weighted by molar-refractivity contribution is -0.0241. The van der Waals surface area contributed by atoms with Crippen molar-refractivity contribution in [3.8, 4) is 11.1 Å². The van der Waals surface area contributed by atoms with Gasteiger partial charge in [0, 0.05) is 30.7 Å². The van der Waals surface area contributed by atoms with Crippen molar-refractivity contribution in [2.45, 2.75) is 6.10 Å². The van der Waals surface area contributed by atoms with E-state index in [2.05, 4.69) is 15.3 Å². The number of hydrogen-bond donors (Lipinski definition) is 0. The van der Waals surface area contributed by atoms with Gasteiger partial charge in [-0.3, -0.25) is 9.78 Å². The standard InChI is InChI=1S/C20H17N5O3/c26-20(16-5-9-27-13-16)24-8-10-28-18(12-24)19-17-2-1-15(11-25(17)23-22-19)14-3-6-21-7-4-14/h1-7,9,11,13,18H,8,10,12H2/t18-/m1/s1. The van der Waals surface area contributed by atoms with Crippen LogP contribution in [-0.2, 0) is 4.74 Å². The van der Waals surface area contributed by atoms with Gasteiger partial charge in [-0.1, -0.05) is 11.3 Å². The van der Waals surface area contributed by atoms with Crippen molar-refractivity contribution >= 4 is 11.4 Å². The molecular weight excluding hydrogens is 358 g/mol. The molecule has 1 aliphatic heterocycles. The van der Waals surface area contributed by atoms with Crippen LogP contribution in [0.25, 0.3) is 16.6 Å². The fraction of sp³-hybridized carbons (Fsp3) is 0.200. The van der Waals surface area contributed by atoms with E-state index in [1.54, 1.807) is 27.9 Å². The summed E-state index contributed by atoms with van der Waals surface area (Å²) in [4.78, 5) is 18.4. The third kappa shape index (κ3) is 2.93. The predicted octanol–water partition coefficient (Wildman–Crippen LogP) is 2.60. The van der Waals surface area contributed by atoms with E-state index in [-0.39, 0.29) is 12.0 Å². The van der Waals surface area contributed by atoms with Crippen LogP contribution in [0.3, 0.4) is 0 Å². The predicted molar refractivity (Wildman–Crippen MR) is 99.5 cm³/mol. The number of fused-ring (bicyclic) bond motifs is 1. The van der Waals surface area contributed by atoms with E-state index in [1.165, 1.54) is 12.5 Å². The Morgan fingerprint density at radius 3 is 2.82 bits per heavy atom. The minimum atomic E-state index is -0.325. The summed E-state index contributed by atoms with van der Waals surface area (Å²) in [7, 11) is 0. The molecule has 0 spiro atoms. The zero-order chi connectivity index (χ0) is 18.9. The van der Waals surface area contributed by atoms with Crippen molar-refractivity contribution in [1.82, 2.24) is 24.7 Å². The molecule has 4 aromatic rings. The molecule has 8 nitrogen and oxygen atoms in total. The van der Waals surface area contributed by atoms with E-state index >= 15 is 0 Å². The average Bonchev–Trinajstić information content (AvgIpc) is 3.43. The van der Waals surface area contributed by atoms with Crippen molar-refractivity contribution in [3.05, 3.63) is 72.7 Å². The van der Waals surface area contributed by atoms with Crippen molar-refractivity contribution in [2.24, 2.45) is 0 Å². The summed E-state index contributed by atoms with van der Waals surface area (Å²) in [6.45, 7) is 1.40. The van der Waals surface area contributed by atoms with Gasteiger partial charge in [-0.15, -0.1) is 5.10 Å². The second-order valence-electron chi connectivity index (χ2n) is 6.58. The number of carbonyl (C=O) groups excluding carboxylic acids is 1. The van der Waals surface area contributed by atoms with E-state index in [1.807, 2.05) is 30.5 Å². The van der Waals surface area contributed by atoms with Gasteiger partial charge in [0.15, 0.2) is 0 Å². The van der Waals surface area contributed by atoms with Crippen LogP contribution < -0.4 is 0 Å². The normalized spacial score (nSPS) is 17.1. The molecule has 0 saturated carbocycles. The molecule has 140 valence electrons. The molecule has 5 rings (SSSR count). The molecule has 1 saturated heterocycles. The summed E-state index contributed by atoms with van der Waals surface area (Å²) in [5, 5.41) is 8.58. The molecule has 0 aliphatic carbocycles. The van der Waals surface area contributed by atoms with Gasteiger partial charge in [0.1, 0.15) is 18.1 Å². The largest absolute Gasteiger partial charge is 0.472 e. The monoisotopic (exact) mass is 375 g/mol. The summed E-state index contributed by atoms with van der Waals surface area (Å²) >= 11 is 0. The van der Waals surface area contributed by atoms with E-state index in [0.717, 1.165) is 22.3 Å². The van der Waals surface area contributed by atoms with E-state index in [0.29, 0.717) is 25.3 Å². The van der Waals surface area contributed by atoms with E-state index < -0.39 is 0 Å². The fourth-order valence-corrected chi connectivity index (χ4v) is 3.43. The highest BCUT2D eigenvalue weighted by Gasteiger charge is 2.29. The second kappa shape index (κ2) is 6.90. The number of amides is 1. The zero-order valence-corrected chi connectivity index (χ0v) is 14.9. The molecule has 0 radical (unpaired) electrons. The number of hydrogen-bond acceptors (Lipinski definition) is 6. The maximum Gasteiger partial charge on any atom is 0.257 e. The molecule has 0 N–H and O–H groups in total. The van der Waals surface area contributed by atoms with Gasteiger partial charge in [0.05, 0.1) is 30.5 Å². The van der Waals surface area contributed by atoms with Crippen molar-refractivity contribution in [1.29, 1.82) is 0 Å². The number of rotatable bonds is 3. The summed E-state index contributed by atoms with van der Waals surface area (Å²) in [5.41, 5.74) is 4.20. The first-order chi connectivity index (χ1) is 13.8.